The second kappa shape index (κ2) is 13.6. The molecular formula is C32H36N4O4S. The van der Waals surface area contributed by atoms with Gasteiger partial charge in [0, 0.05) is 19.0 Å². The second-order valence-electron chi connectivity index (χ2n) is 11.1. The molecule has 214 valence electrons. The molecule has 0 spiro atoms. The third kappa shape index (κ3) is 8.03. The van der Waals surface area contributed by atoms with Crippen molar-refractivity contribution in [3.63, 3.8) is 0 Å². The van der Waals surface area contributed by atoms with Gasteiger partial charge in [0.15, 0.2) is 0 Å². The molecule has 0 radical (unpaired) electrons. The van der Waals surface area contributed by atoms with Gasteiger partial charge in [0.05, 0.1) is 12.6 Å². The lowest BCUT2D eigenvalue weighted by Gasteiger charge is -2.34. The van der Waals surface area contributed by atoms with E-state index in [4.69, 9.17) is 10.00 Å². The Labute approximate surface area is 245 Å². The Morgan fingerprint density at radius 1 is 1.07 bits per heavy atom. The van der Waals surface area contributed by atoms with E-state index in [0.29, 0.717) is 24.3 Å². The number of esters is 1. The summed E-state index contributed by atoms with van der Waals surface area (Å²) < 4.78 is 5.52. The average Bonchev–Trinajstić information content (AvgIpc) is 3.64. The van der Waals surface area contributed by atoms with Crippen molar-refractivity contribution in [1.82, 2.24) is 15.5 Å². The molecule has 1 aromatic heterocycles. The van der Waals surface area contributed by atoms with Crippen molar-refractivity contribution in [3.05, 3.63) is 93.7 Å². The van der Waals surface area contributed by atoms with Crippen molar-refractivity contribution in [2.24, 2.45) is 0 Å². The molecule has 2 atom stereocenters. The predicted molar refractivity (Wildman–Crippen MR) is 158 cm³/mol. The van der Waals surface area contributed by atoms with Crippen LogP contribution in [0, 0.1) is 11.3 Å². The first-order valence-electron chi connectivity index (χ1n) is 13.8. The minimum absolute atomic E-state index is 0.159. The summed E-state index contributed by atoms with van der Waals surface area (Å²) in [5.74, 6) is -1.35. The maximum Gasteiger partial charge on any atom is 0.320 e. The fourth-order valence-corrected chi connectivity index (χ4v) is 5.83. The number of ether oxygens (including phenoxy) is 1. The van der Waals surface area contributed by atoms with Gasteiger partial charge in [0.25, 0.3) is 0 Å². The van der Waals surface area contributed by atoms with Crippen molar-refractivity contribution >= 4 is 29.1 Å². The molecule has 9 heteroatoms. The predicted octanol–water partition coefficient (Wildman–Crippen LogP) is 4.36. The molecule has 1 saturated heterocycles. The third-order valence-electron chi connectivity index (χ3n) is 6.87. The number of carbonyl (C=O) groups excluding carboxylic acids is 3. The van der Waals surface area contributed by atoms with Crippen molar-refractivity contribution < 1.29 is 19.1 Å². The zero-order valence-corrected chi connectivity index (χ0v) is 24.4. The zero-order valence-electron chi connectivity index (χ0n) is 23.6. The maximum absolute atomic E-state index is 14.4. The third-order valence-corrected chi connectivity index (χ3v) is 7.76. The summed E-state index contributed by atoms with van der Waals surface area (Å²) >= 11 is 1.33. The molecule has 8 nitrogen and oxygen atoms in total. The molecule has 0 aliphatic carbocycles. The second-order valence-corrected chi connectivity index (χ2v) is 12.0. The first-order chi connectivity index (χ1) is 19.7. The van der Waals surface area contributed by atoms with Crippen LogP contribution in [0.15, 0.2) is 72.1 Å². The number of nitrogens with zero attached hydrogens (tertiary/aromatic N) is 2. The molecule has 1 fully saturated rings. The Hall–Kier alpha value is -4.00. The topological polar surface area (TPSA) is 112 Å². The molecule has 2 heterocycles. The summed E-state index contributed by atoms with van der Waals surface area (Å²) in [6, 6.07) is 21.8. The van der Waals surface area contributed by atoms with Crippen LogP contribution in [0.2, 0.25) is 0 Å². The van der Waals surface area contributed by atoms with Gasteiger partial charge in [0.2, 0.25) is 11.8 Å². The Balaban J connectivity index is 1.60. The van der Waals surface area contributed by atoms with Crippen LogP contribution in [-0.4, -0.2) is 53.5 Å². The van der Waals surface area contributed by atoms with Crippen LogP contribution in [0.25, 0.3) is 0 Å². The zero-order chi connectivity index (χ0) is 29.4. The van der Waals surface area contributed by atoms with Gasteiger partial charge in [0.1, 0.15) is 22.6 Å². The van der Waals surface area contributed by atoms with Gasteiger partial charge in [-0.3, -0.25) is 19.7 Å². The number of rotatable bonds is 10. The standard InChI is InChI=1S/C32H36N4O4S/c1-32(2,3)40-27(37)20-34-29(28(23-11-6-4-7-12-23)24-13-8-5-9-14-24)31(39)36-16-10-15-26(36)30(38)35-19-22-17-25(18-33)41-21-22/h4-9,11-14,17,21,26,28-29,34H,10,15-16,19-20H2,1-3H3,(H,35,38)/t26-,29+/m0/s1. The summed E-state index contributed by atoms with van der Waals surface area (Å²) in [5.41, 5.74) is 2.02. The summed E-state index contributed by atoms with van der Waals surface area (Å²) in [4.78, 5) is 42.6. The van der Waals surface area contributed by atoms with Gasteiger partial charge in [-0.2, -0.15) is 5.26 Å². The number of carbonyl (C=O) groups is 3. The number of hydrogen-bond donors (Lipinski definition) is 2. The first-order valence-corrected chi connectivity index (χ1v) is 14.6. The fourth-order valence-electron chi connectivity index (χ4n) is 5.13. The minimum atomic E-state index is -0.823. The molecule has 1 aliphatic heterocycles. The molecule has 0 saturated carbocycles. The summed E-state index contributed by atoms with van der Waals surface area (Å²) in [7, 11) is 0. The lowest BCUT2D eigenvalue weighted by molar-refractivity contribution is -0.154. The number of nitrogens with one attached hydrogen (secondary N) is 2. The van der Waals surface area contributed by atoms with Crippen LogP contribution in [0.3, 0.4) is 0 Å². The Morgan fingerprint density at radius 2 is 1.71 bits per heavy atom. The largest absolute Gasteiger partial charge is 0.459 e. The molecule has 41 heavy (non-hydrogen) atoms. The summed E-state index contributed by atoms with van der Waals surface area (Å²) in [6.45, 7) is 5.97. The Morgan fingerprint density at radius 3 is 2.27 bits per heavy atom. The van der Waals surface area contributed by atoms with Gasteiger partial charge in [-0.1, -0.05) is 60.7 Å². The Bertz CT molecular complexity index is 1340. The first kappa shape index (κ1) is 30.0. The molecule has 4 rings (SSSR count). The van der Waals surface area contributed by atoms with Crippen LogP contribution in [0.5, 0.6) is 0 Å². The monoisotopic (exact) mass is 572 g/mol. The van der Waals surface area contributed by atoms with Crippen LogP contribution < -0.4 is 10.6 Å². The number of hydrogen-bond acceptors (Lipinski definition) is 7. The highest BCUT2D eigenvalue weighted by atomic mass is 32.1. The van der Waals surface area contributed by atoms with Gasteiger partial charge in [-0.25, -0.2) is 0 Å². The van der Waals surface area contributed by atoms with Crippen molar-refractivity contribution in [2.45, 2.75) is 63.8 Å². The van der Waals surface area contributed by atoms with E-state index in [0.717, 1.165) is 16.7 Å². The summed E-state index contributed by atoms with van der Waals surface area (Å²) in [6.07, 6.45) is 1.24. The Kier molecular flexibility index (Phi) is 9.92. The molecule has 1 aliphatic rings. The number of amides is 2. The van der Waals surface area contributed by atoms with Gasteiger partial charge < -0.3 is 15.0 Å². The molecule has 3 aromatic rings. The summed E-state index contributed by atoms with van der Waals surface area (Å²) in [5, 5.41) is 17.1. The highest BCUT2D eigenvalue weighted by Crippen LogP contribution is 2.31. The highest BCUT2D eigenvalue weighted by molar-refractivity contribution is 7.10. The van der Waals surface area contributed by atoms with Crippen LogP contribution in [0.1, 0.15) is 61.1 Å². The molecule has 2 aromatic carbocycles. The molecule has 0 bridgehead atoms. The van der Waals surface area contributed by atoms with Crippen LogP contribution in [0.4, 0.5) is 0 Å². The van der Waals surface area contributed by atoms with E-state index in [9.17, 15) is 14.4 Å². The lowest BCUT2D eigenvalue weighted by Crippen LogP contribution is -2.55. The molecule has 2 N–H and O–H groups in total. The number of thiophene rings is 1. The van der Waals surface area contributed by atoms with E-state index in [1.807, 2.05) is 66.0 Å². The van der Waals surface area contributed by atoms with E-state index in [-0.39, 0.29) is 24.9 Å². The van der Waals surface area contributed by atoms with E-state index in [1.165, 1.54) is 11.3 Å². The molecule has 0 unspecified atom stereocenters. The smallest absolute Gasteiger partial charge is 0.320 e. The number of likely N-dealkylation sites (tertiary alicyclic amines) is 1. The van der Waals surface area contributed by atoms with Crippen LogP contribution in [-0.2, 0) is 25.7 Å². The van der Waals surface area contributed by atoms with Crippen molar-refractivity contribution in [2.75, 3.05) is 13.1 Å². The van der Waals surface area contributed by atoms with E-state index >= 15 is 0 Å². The lowest BCUT2D eigenvalue weighted by atomic mass is 9.84. The number of benzene rings is 2. The van der Waals surface area contributed by atoms with E-state index in [2.05, 4.69) is 16.7 Å². The normalized spacial score (nSPS) is 15.8. The number of nitriles is 1. The molecule has 2 amide bonds. The van der Waals surface area contributed by atoms with Gasteiger partial charge in [-0.15, -0.1) is 11.3 Å². The van der Waals surface area contributed by atoms with Crippen LogP contribution >= 0.6 is 11.3 Å². The SMILES string of the molecule is CC(C)(C)OC(=O)CN[C@@H](C(=O)N1CCC[C@H]1C(=O)NCc1csc(C#N)c1)C(c1ccccc1)c1ccccc1. The fraction of sp³-hybridized carbons (Fsp3) is 0.375. The van der Waals surface area contributed by atoms with E-state index < -0.39 is 29.6 Å². The quantitative estimate of drug-likeness (QED) is 0.349. The van der Waals surface area contributed by atoms with Crippen molar-refractivity contribution in [1.29, 1.82) is 5.26 Å². The van der Waals surface area contributed by atoms with Gasteiger partial charge in [-0.05, 0) is 61.7 Å². The maximum atomic E-state index is 14.4. The van der Waals surface area contributed by atoms with E-state index in [1.54, 1.807) is 31.7 Å². The highest BCUT2D eigenvalue weighted by Gasteiger charge is 2.41. The minimum Gasteiger partial charge on any atom is -0.459 e. The van der Waals surface area contributed by atoms with Gasteiger partial charge >= 0.3 is 5.97 Å². The average molecular weight is 573 g/mol. The molecular weight excluding hydrogens is 536 g/mol. The van der Waals surface area contributed by atoms with Crippen molar-refractivity contribution in [3.8, 4) is 6.07 Å².